The van der Waals surface area contributed by atoms with Gasteiger partial charge in [-0.1, -0.05) is 23.4 Å². The summed E-state index contributed by atoms with van der Waals surface area (Å²) in [5.74, 6) is 1.90. The monoisotopic (exact) mass is 397 g/mol. The van der Waals surface area contributed by atoms with Crippen LogP contribution >= 0.6 is 12.4 Å². The Balaban J connectivity index is 0.00000192. The first-order valence-corrected chi connectivity index (χ1v) is 8.98. The highest BCUT2D eigenvalue weighted by Gasteiger charge is 2.26. The molecule has 1 aliphatic heterocycles. The molecule has 8 heteroatoms. The number of nitrogens with one attached hydrogen (secondary N) is 1. The molecule has 28 heavy (non-hydrogen) atoms. The summed E-state index contributed by atoms with van der Waals surface area (Å²) in [5.41, 5.74) is 2.46. The second-order valence-corrected chi connectivity index (χ2v) is 6.71. The number of nitrogens with zero attached hydrogens (tertiary/aromatic N) is 4. The van der Waals surface area contributed by atoms with E-state index in [2.05, 4.69) is 22.4 Å². The predicted molar refractivity (Wildman–Crippen MR) is 108 cm³/mol. The topological polar surface area (TPSA) is 80.2 Å². The minimum Gasteiger partial charge on any atom is -0.463 e. The zero-order chi connectivity index (χ0) is 18.2. The average molecular weight is 398 g/mol. The van der Waals surface area contributed by atoms with E-state index in [1.807, 2.05) is 42.5 Å². The zero-order valence-corrected chi connectivity index (χ0v) is 16.1. The Labute approximate surface area is 168 Å². The molecule has 4 aromatic rings. The zero-order valence-electron chi connectivity index (χ0n) is 15.3. The van der Waals surface area contributed by atoms with E-state index in [1.165, 1.54) is 0 Å². The van der Waals surface area contributed by atoms with E-state index in [0.29, 0.717) is 17.5 Å². The predicted octanol–water partition coefficient (Wildman–Crippen LogP) is 3.54. The highest BCUT2D eigenvalue weighted by molar-refractivity contribution is 5.94. The molecule has 1 N–H and O–H groups in total. The van der Waals surface area contributed by atoms with Gasteiger partial charge in [0, 0.05) is 25.0 Å². The molecule has 4 heterocycles. The number of halogens is 1. The average Bonchev–Trinajstić information content (AvgIpc) is 3.40. The second kappa shape index (κ2) is 7.71. The molecule has 0 radical (unpaired) electrons. The fourth-order valence-electron chi connectivity index (χ4n) is 3.48. The molecule has 5 rings (SSSR count). The quantitative estimate of drug-likeness (QED) is 0.566. The molecule has 1 fully saturated rings. The van der Waals surface area contributed by atoms with Gasteiger partial charge in [-0.15, -0.1) is 12.4 Å². The van der Waals surface area contributed by atoms with E-state index in [9.17, 15) is 0 Å². The first-order valence-electron chi connectivity index (χ1n) is 8.98. The van der Waals surface area contributed by atoms with Crippen molar-refractivity contribution in [2.75, 3.05) is 26.7 Å². The molecule has 1 aromatic carbocycles. The molecule has 144 valence electrons. The second-order valence-electron chi connectivity index (χ2n) is 6.71. The number of hydrogen-bond acceptors (Lipinski definition) is 7. The van der Waals surface area contributed by atoms with Crippen molar-refractivity contribution in [1.82, 2.24) is 25.3 Å². The van der Waals surface area contributed by atoms with Gasteiger partial charge in [0.1, 0.15) is 5.69 Å². The number of fused-ring (bicyclic) bond motifs is 1. The van der Waals surface area contributed by atoms with Gasteiger partial charge in [0.2, 0.25) is 0 Å². The third-order valence-corrected chi connectivity index (χ3v) is 4.97. The molecule has 1 unspecified atom stereocenters. The summed E-state index contributed by atoms with van der Waals surface area (Å²) < 4.78 is 11.2. The summed E-state index contributed by atoms with van der Waals surface area (Å²) in [6.07, 6.45) is 1.64. The third kappa shape index (κ3) is 3.28. The van der Waals surface area contributed by atoms with Crippen molar-refractivity contribution in [3.05, 3.63) is 54.6 Å². The van der Waals surface area contributed by atoms with Crippen LogP contribution in [0.15, 0.2) is 57.7 Å². The number of rotatable bonds is 3. The Bertz CT molecular complexity index is 1080. The smallest absolute Gasteiger partial charge is 0.258 e. The number of aromatic nitrogens is 3. The summed E-state index contributed by atoms with van der Waals surface area (Å²) in [5, 5.41) is 8.61. The number of para-hydroxylation sites is 1. The van der Waals surface area contributed by atoms with E-state index in [1.54, 1.807) is 6.26 Å². The summed E-state index contributed by atoms with van der Waals surface area (Å²) >= 11 is 0. The molecule has 7 nitrogen and oxygen atoms in total. The lowest BCUT2D eigenvalue weighted by atomic mass is 10.1. The van der Waals surface area contributed by atoms with E-state index in [4.69, 9.17) is 18.9 Å². The lowest BCUT2D eigenvalue weighted by Gasteiger charge is -2.30. The van der Waals surface area contributed by atoms with Crippen LogP contribution in [-0.4, -0.2) is 46.7 Å². The van der Waals surface area contributed by atoms with Crippen molar-refractivity contribution >= 4 is 23.3 Å². The van der Waals surface area contributed by atoms with Crippen molar-refractivity contribution < 1.29 is 8.94 Å². The van der Waals surface area contributed by atoms with E-state index < -0.39 is 0 Å². The van der Waals surface area contributed by atoms with Crippen molar-refractivity contribution in [3.8, 4) is 22.9 Å². The number of pyridine rings is 1. The number of benzene rings is 1. The number of piperazine rings is 1. The first-order chi connectivity index (χ1) is 13.3. The van der Waals surface area contributed by atoms with Crippen molar-refractivity contribution in [1.29, 1.82) is 0 Å². The number of hydrogen-bond donors (Lipinski definition) is 1. The van der Waals surface area contributed by atoms with Gasteiger partial charge < -0.3 is 14.3 Å². The highest BCUT2D eigenvalue weighted by Crippen LogP contribution is 2.32. The molecule has 1 saturated heterocycles. The van der Waals surface area contributed by atoms with Crippen LogP contribution in [0.1, 0.15) is 11.9 Å². The van der Waals surface area contributed by atoms with Crippen LogP contribution in [0.25, 0.3) is 33.8 Å². The number of likely N-dealkylation sites (N-methyl/N-ethyl adjacent to an activating group) is 1. The molecular formula is C20H20ClN5O2. The Kier molecular flexibility index (Phi) is 5.13. The summed E-state index contributed by atoms with van der Waals surface area (Å²) in [6, 6.07) is 13.7. The van der Waals surface area contributed by atoms with Crippen LogP contribution in [0.2, 0.25) is 0 Å². The van der Waals surface area contributed by atoms with Crippen LogP contribution in [0.3, 0.4) is 0 Å². The SMILES string of the molecule is CN1CCNCC1c1noc(-c2cc(-c3ccco3)nc3ccccc23)n1.Cl. The maximum Gasteiger partial charge on any atom is 0.258 e. The van der Waals surface area contributed by atoms with Crippen molar-refractivity contribution in [2.45, 2.75) is 6.04 Å². The van der Waals surface area contributed by atoms with Gasteiger partial charge in [-0.05, 0) is 31.3 Å². The lowest BCUT2D eigenvalue weighted by molar-refractivity contribution is 0.190. The van der Waals surface area contributed by atoms with Crippen LogP contribution < -0.4 is 5.32 Å². The fraction of sp³-hybridized carbons (Fsp3) is 0.250. The van der Waals surface area contributed by atoms with E-state index in [-0.39, 0.29) is 18.4 Å². The van der Waals surface area contributed by atoms with Gasteiger partial charge in [-0.2, -0.15) is 4.98 Å². The van der Waals surface area contributed by atoms with Gasteiger partial charge in [0.25, 0.3) is 5.89 Å². The summed E-state index contributed by atoms with van der Waals surface area (Å²) in [6.45, 7) is 2.73. The molecule has 1 aliphatic rings. The van der Waals surface area contributed by atoms with Crippen molar-refractivity contribution in [3.63, 3.8) is 0 Å². The van der Waals surface area contributed by atoms with Crippen LogP contribution in [-0.2, 0) is 0 Å². The molecule has 0 saturated carbocycles. The number of furan rings is 1. The minimum absolute atomic E-state index is 0. The normalized spacial score (nSPS) is 17.5. The molecule has 0 spiro atoms. The first kappa shape index (κ1) is 18.6. The molecule has 3 aromatic heterocycles. The maximum atomic E-state index is 5.66. The van der Waals surface area contributed by atoms with Gasteiger partial charge in [0.15, 0.2) is 11.6 Å². The molecule has 0 amide bonds. The van der Waals surface area contributed by atoms with Crippen molar-refractivity contribution in [2.24, 2.45) is 0 Å². The largest absolute Gasteiger partial charge is 0.463 e. The lowest BCUT2D eigenvalue weighted by Crippen LogP contribution is -2.44. The maximum absolute atomic E-state index is 5.66. The Hall–Kier alpha value is -2.74. The molecular weight excluding hydrogens is 378 g/mol. The Morgan fingerprint density at radius 1 is 1.14 bits per heavy atom. The molecule has 0 aliphatic carbocycles. The molecule has 0 bridgehead atoms. The van der Waals surface area contributed by atoms with Crippen LogP contribution in [0, 0.1) is 0 Å². The van der Waals surface area contributed by atoms with Crippen LogP contribution in [0.4, 0.5) is 0 Å². The summed E-state index contributed by atoms with van der Waals surface area (Å²) in [4.78, 5) is 11.7. The van der Waals surface area contributed by atoms with E-state index >= 15 is 0 Å². The Morgan fingerprint density at radius 2 is 2.04 bits per heavy atom. The summed E-state index contributed by atoms with van der Waals surface area (Å²) in [7, 11) is 2.08. The minimum atomic E-state index is 0. The van der Waals surface area contributed by atoms with Gasteiger partial charge in [0.05, 0.1) is 23.4 Å². The van der Waals surface area contributed by atoms with Gasteiger partial charge in [-0.3, -0.25) is 4.90 Å². The van der Waals surface area contributed by atoms with Gasteiger partial charge in [-0.25, -0.2) is 4.98 Å². The standard InChI is InChI=1S/C20H19N5O2.ClH/c1-25-9-8-21-12-17(25)19-23-20(27-24-19)14-11-16(18-7-4-10-26-18)22-15-6-3-2-5-13(14)15;/h2-7,10-11,17,21H,8-9,12H2,1H3;1H. The van der Waals surface area contributed by atoms with E-state index in [0.717, 1.165) is 41.8 Å². The highest BCUT2D eigenvalue weighted by atomic mass is 35.5. The van der Waals surface area contributed by atoms with Gasteiger partial charge >= 0.3 is 0 Å². The third-order valence-electron chi connectivity index (χ3n) is 4.97. The molecule has 1 atom stereocenters. The van der Waals surface area contributed by atoms with Crippen LogP contribution in [0.5, 0.6) is 0 Å². The Morgan fingerprint density at radius 3 is 2.86 bits per heavy atom. The fourth-order valence-corrected chi connectivity index (χ4v) is 3.48.